The number of anilines is 1. The molecule has 0 unspecified atom stereocenters. The van der Waals surface area contributed by atoms with E-state index in [-0.39, 0.29) is 12.2 Å². The van der Waals surface area contributed by atoms with Crippen molar-refractivity contribution in [1.29, 1.82) is 0 Å². The third-order valence-electron chi connectivity index (χ3n) is 2.67. The van der Waals surface area contributed by atoms with Crippen LogP contribution in [0.1, 0.15) is 11.3 Å². The first kappa shape index (κ1) is 12.8. The number of nitrogens with one attached hydrogen (secondary N) is 1. The lowest BCUT2D eigenvalue weighted by Crippen LogP contribution is -2.04. The zero-order chi connectivity index (χ0) is 13.3. The number of hydrogen-bond donors (Lipinski definition) is 1. The van der Waals surface area contributed by atoms with Crippen LogP contribution in [0.5, 0.6) is 0 Å². The Morgan fingerprint density at radius 3 is 2.44 bits per heavy atom. The Balaban J connectivity index is 2.22. The number of para-hydroxylation sites is 1. The fraction of sp³-hybridized carbons (Fsp3) is 0.250. The van der Waals surface area contributed by atoms with Gasteiger partial charge in [-0.1, -0.05) is 17.7 Å². The van der Waals surface area contributed by atoms with Crippen molar-refractivity contribution in [3.63, 3.8) is 0 Å². The van der Waals surface area contributed by atoms with Crippen molar-refractivity contribution >= 4 is 17.3 Å². The average molecular weight is 272 g/mol. The van der Waals surface area contributed by atoms with Crippen molar-refractivity contribution in [3.8, 4) is 0 Å². The molecule has 0 aliphatic heterocycles. The van der Waals surface area contributed by atoms with Crippen molar-refractivity contribution in [2.45, 2.75) is 13.5 Å². The topological polar surface area (TPSA) is 29.9 Å². The van der Waals surface area contributed by atoms with Crippen LogP contribution in [-0.4, -0.2) is 9.78 Å². The maximum atomic E-state index is 13.4. The largest absolute Gasteiger partial charge is 0.376 e. The molecule has 1 heterocycles. The van der Waals surface area contributed by atoms with Gasteiger partial charge in [-0.15, -0.1) is 0 Å². The van der Waals surface area contributed by atoms with Gasteiger partial charge >= 0.3 is 0 Å². The third kappa shape index (κ3) is 2.31. The van der Waals surface area contributed by atoms with E-state index in [0.29, 0.717) is 5.15 Å². The molecule has 0 spiro atoms. The van der Waals surface area contributed by atoms with Gasteiger partial charge in [-0.3, -0.25) is 4.68 Å². The zero-order valence-corrected chi connectivity index (χ0v) is 10.7. The minimum absolute atomic E-state index is 0.156. The molecule has 18 heavy (non-hydrogen) atoms. The molecule has 0 aliphatic carbocycles. The Morgan fingerprint density at radius 2 is 1.94 bits per heavy atom. The van der Waals surface area contributed by atoms with E-state index in [0.717, 1.165) is 11.3 Å². The third-order valence-corrected chi connectivity index (χ3v) is 3.15. The highest BCUT2D eigenvalue weighted by atomic mass is 35.5. The minimum atomic E-state index is -0.632. The number of halogens is 3. The van der Waals surface area contributed by atoms with Gasteiger partial charge in [0, 0.05) is 19.2 Å². The van der Waals surface area contributed by atoms with Gasteiger partial charge in [-0.25, -0.2) is 8.78 Å². The smallest absolute Gasteiger partial charge is 0.149 e. The van der Waals surface area contributed by atoms with Crippen molar-refractivity contribution in [2.75, 3.05) is 5.32 Å². The van der Waals surface area contributed by atoms with E-state index in [2.05, 4.69) is 10.4 Å². The van der Waals surface area contributed by atoms with Gasteiger partial charge < -0.3 is 5.32 Å². The summed E-state index contributed by atoms with van der Waals surface area (Å²) in [6.07, 6.45) is 0. The van der Waals surface area contributed by atoms with Crippen LogP contribution in [0.25, 0.3) is 0 Å². The van der Waals surface area contributed by atoms with Gasteiger partial charge in [0.1, 0.15) is 22.5 Å². The molecule has 0 fully saturated rings. The molecule has 0 aliphatic rings. The summed E-state index contributed by atoms with van der Waals surface area (Å²) in [4.78, 5) is 0. The summed E-state index contributed by atoms with van der Waals surface area (Å²) in [5, 5.41) is 7.29. The highest BCUT2D eigenvalue weighted by molar-refractivity contribution is 6.30. The minimum Gasteiger partial charge on any atom is -0.376 e. The molecule has 2 aromatic rings. The average Bonchev–Trinajstić information content (AvgIpc) is 2.54. The van der Waals surface area contributed by atoms with Gasteiger partial charge in [-0.05, 0) is 19.1 Å². The molecule has 0 bridgehead atoms. The Bertz CT molecular complexity index is 561. The molecule has 6 heteroatoms. The molecule has 0 radical (unpaired) electrons. The molecule has 0 amide bonds. The molecular weight excluding hydrogens is 260 g/mol. The second kappa shape index (κ2) is 4.94. The van der Waals surface area contributed by atoms with E-state index in [1.807, 2.05) is 0 Å². The van der Waals surface area contributed by atoms with Gasteiger partial charge in [0.05, 0.1) is 5.69 Å². The van der Waals surface area contributed by atoms with Gasteiger partial charge in [-0.2, -0.15) is 5.10 Å². The predicted octanol–water partition coefficient (Wildman–Crippen LogP) is 3.27. The number of rotatable bonds is 3. The van der Waals surface area contributed by atoms with E-state index < -0.39 is 11.6 Å². The summed E-state index contributed by atoms with van der Waals surface area (Å²) in [6, 6.07) is 3.71. The van der Waals surface area contributed by atoms with Crippen LogP contribution in [0.2, 0.25) is 5.15 Å². The number of benzene rings is 1. The highest BCUT2D eigenvalue weighted by Crippen LogP contribution is 2.23. The van der Waals surface area contributed by atoms with Crippen LogP contribution < -0.4 is 5.32 Å². The molecule has 0 saturated carbocycles. The summed E-state index contributed by atoms with van der Waals surface area (Å²) in [7, 11) is 1.71. The van der Waals surface area contributed by atoms with Crippen LogP contribution in [0.4, 0.5) is 14.5 Å². The first-order chi connectivity index (χ1) is 8.50. The fourth-order valence-corrected chi connectivity index (χ4v) is 1.96. The van der Waals surface area contributed by atoms with Crippen LogP contribution in [0.15, 0.2) is 18.2 Å². The Morgan fingerprint density at radius 1 is 1.33 bits per heavy atom. The highest BCUT2D eigenvalue weighted by Gasteiger charge is 2.13. The normalized spacial score (nSPS) is 10.7. The van der Waals surface area contributed by atoms with E-state index in [1.54, 1.807) is 14.0 Å². The summed E-state index contributed by atoms with van der Waals surface area (Å²) < 4.78 is 28.3. The Kier molecular flexibility index (Phi) is 3.52. The molecule has 96 valence electrons. The molecule has 2 rings (SSSR count). The molecule has 0 atom stereocenters. The zero-order valence-electron chi connectivity index (χ0n) is 9.97. The first-order valence-electron chi connectivity index (χ1n) is 5.36. The number of nitrogens with zero attached hydrogens (tertiary/aromatic N) is 2. The maximum Gasteiger partial charge on any atom is 0.149 e. The van der Waals surface area contributed by atoms with Gasteiger partial charge in [0.15, 0.2) is 0 Å². The lowest BCUT2D eigenvalue weighted by atomic mass is 10.2. The van der Waals surface area contributed by atoms with Crippen molar-refractivity contribution in [2.24, 2.45) is 7.05 Å². The van der Waals surface area contributed by atoms with Crippen LogP contribution in [0.3, 0.4) is 0 Å². The summed E-state index contributed by atoms with van der Waals surface area (Å²) in [6.45, 7) is 2.01. The molecule has 3 nitrogen and oxygen atoms in total. The number of aryl methyl sites for hydroxylation is 2. The van der Waals surface area contributed by atoms with Crippen LogP contribution in [-0.2, 0) is 13.6 Å². The summed E-state index contributed by atoms with van der Waals surface area (Å²) in [5.74, 6) is -1.26. The SMILES string of the molecule is Cc1nn(C)c(Cl)c1CNc1c(F)cccc1F. The Labute approximate surface area is 108 Å². The lowest BCUT2D eigenvalue weighted by Gasteiger charge is -2.08. The number of aromatic nitrogens is 2. The molecule has 1 N–H and O–H groups in total. The van der Waals surface area contributed by atoms with Crippen LogP contribution in [0, 0.1) is 18.6 Å². The molecule has 1 aromatic heterocycles. The Hall–Kier alpha value is -1.62. The summed E-state index contributed by atoms with van der Waals surface area (Å²) in [5.41, 5.74) is 1.30. The van der Waals surface area contributed by atoms with Gasteiger partial charge in [0.25, 0.3) is 0 Å². The quantitative estimate of drug-likeness (QED) is 0.928. The second-order valence-electron chi connectivity index (χ2n) is 3.93. The van der Waals surface area contributed by atoms with E-state index >= 15 is 0 Å². The van der Waals surface area contributed by atoms with Gasteiger partial charge in [0.2, 0.25) is 0 Å². The molecule has 0 saturated heterocycles. The first-order valence-corrected chi connectivity index (χ1v) is 5.74. The van der Waals surface area contributed by atoms with E-state index in [1.165, 1.54) is 22.9 Å². The monoisotopic (exact) mass is 271 g/mol. The van der Waals surface area contributed by atoms with Crippen molar-refractivity contribution in [1.82, 2.24) is 9.78 Å². The van der Waals surface area contributed by atoms with Crippen molar-refractivity contribution < 1.29 is 8.78 Å². The second-order valence-corrected chi connectivity index (χ2v) is 4.29. The fourth-order valence-electron chi connectivity index (χ4n) is 1.72. The van der Waals surface area contributed by atoms with E-state index in [4.69, 9.17) is 11.6 Å². The molecule has 1 aromatic carbocycles. The maximum absolute atomic E-state index is 13.4. The van der Waals surface area contributed by atoms with Crippen molar-refractivity contribution in [3.05, 3.63) is 46.2 Å². The van der Waals surface area contributed by atoms with Crippen LogP contribution >= 0.6 is 11.6 Å². The van der Waals surface area contributed by atoms with E-state index in [9.17, 15) is 8.78 Å². The predicted molar refractivity (Wildman–Crippen MR) is 66.6 cm³/mol. The number of hydrogen-bond acceptors (Lipinski definition) is 2. The lowest BCUT2D eigenvalue weighted by molar-refractivity contribution is 0.588. The standard InChI is InChI=1S/C12H12ClF2N3/c1-7-8(12(13)18(2)17-7)6-16-11-9(14)4-3-5-10(11)15/h3-5,16H,6H2,1-2H3. The molecular formula is C12H12ClF2N3. The summed E-state index contributed by atoms with van der Waals surface area (Å²) >= 11 is 6.03.